The number of hydrogen-bond acceptors (Lipinski definition) is 4. The number of rotatable bonds is 9. The quantitative estimate of drug-likeness (QED) is 0.222. The Hall–Kier alpha value is -4.97. The minimum Gasteiger partial charge on any atom is -0.463 e. The molecule has 0 bridgehead atoms. The van der Waals surface area contributed by atoms with E-state index in [0.29, 0.717) is 16.8 Å². The number of benzene rings is 4. The molecule has 0 fully saturated rings. The molecule has 4 aromatic rings. The van der Waals surface area contributed by atoms with Crippen LogP contribution in [0.4, 0.5) is 0 Å². The number of ether oxygens (including phenoxy) is 1. The van der Waals surface area contributed by atoms with Gasteiger partial charge in [-0.1, -0.05) is 103 Å². The van der Waals surface area contributed by atoms with Crippen LogP contribution in [-0.4, -0.2) is 29.3 Å². The standard InChI is InChI=1S/C37H36N2O4/c1-4-43-37(42)34-26(3)39(33(40)23-32(34)28-19-15-25(2)16-20-28)24-27-17-21-31(22-18-27)36(41)38-35(29-11-7-5-8-12-29)30-13-9-6-10-14-30/h5-22,32,35H,4,23-24H2,1-3H3,(H,38,41). The second-order valence-electron chi connectivity index (χ2n) is 10.8. The Kier molecular flexibility index (Phi) is 9.16. The molecule has 4 aromatic carbocycles. The van der Waals surface area contributed by atoms with Crippen LogP contribution in [0.5, 0.6) is 0 Å². The summed E-state index contributed by atoms with van der Waals surface area (Å²) < 4.78 is 5.42. The van der Waals surface area contributed by atoms with Crippen LogP contribution in [-0.2, 0) is 20.9 Å². The summed E-state index contributed by atoms with van der Waals surface area (Å²) >= 11 is 0. The molecule has 0 saturated heterocycles. The maximum absolute atomic E-state index is 13.4. The molecular formula is C37H36N2O4. The number of nitrogens with one attached hydrogen (secondary N) is 1. The van der Waals surface area contributed by atoms with Crippen molar-refractivity contribution in [2.24, 2.45) is 0 Å². The Bertz CT molecular complexity index is 1570. The first-order chi connectivity index (χ1) is 20.9. The lowest BCUT2D eigenvalue weighted by atomic mass is 9.83. The summed E-state index contributed by atoms with van der Waals surface area (Å²) in [6.45, 7) is 6.13. The molecule has 218 valence electrons. The van der Waals surface area contributed by atoms with Gasteiger partial charge >= 0.3 is 5.97 Å². The summed E-state index contributed by atoms with van der Waals surface area (Å²) in [4.78, 5) is 41.5. The van der Waals surface area contributed by atoms with Gasteiger partial charge in [0.2, 0.25) is 5.91 Å². The zero-order valence-electron chi connectivity index (χ0n) is 24.7. The van der Waals surface area contributed by atoms with Gasteiger partial charge in [-0.2, -0.15) is 0 Å². The lowest BCUT2D eigenvalue weighted by molar-refractivity contribution is -0.140. The molecule has 5 rings (SSSR count). The van der Waals surface area contributed by atoms with E-state index < -0.39 is 5.97 Å². The van der Waals surface area contributed by atoms with E-state index in [1.165, 1.54) is 0 Å². The van der Waals surface area contributed by atoms with Gasteiger partial charge in [0.05, 0.1) is 24.8 Å². The van der Waals surface area contributed by atoms with Gasteiger partial charge in [-0.15, -0.1) is 0 Å². The molecular weight excluding hydrogens is 536 g/mol. The Morgan fingerprint density at radius 1 is 0.837 bits per heavy atom. The van der Waals surface area contributed by atoms with Crippen molar-refractivity contribution >= 4 is 17.8 Å². The van der Waals surface area contributed by atoms with Crippen LogP contribution in [0.2, 0.25) is 0 Å². The smallest absolute Gasteiger partial charge is 0.336 e. The average Bonchev–Trinajstić information content (AvgIpc) is 3.03. The fourth-order valence-corrected chi connectivity index (χ4v) is 5.57. The fraction of sp³-hybridized carbons (Fsp3) is 0.216. The van der Waals surface area contributed by atoms with Crippen molar-refractivity contribution in [3.8, 4) is 0 Å². The van der Waals surface area contributed by atoms with Crippen LogP contribution in [0, 0.1) is 6.92 Å². The topological polar surface area (TPSA) is 75.7 Å². The highest BCUT2D eigenvalue weighted by molar-refractivity contribution is 5.96. The van der Waals surface area contributed by atoms with Crippen LogP contribution in [0.15, 0.2) is 120 Å². The molecule has 1 unspecified atom stereocenters. The second kappa shape index (κ2) is 13.3. The van der Waals surface area contributed by atoms with Gasteiger partial charge in [0, 0.05) is 23.6 Å². The van der Waals surface area contributed by atoms with Crippen LogP contribution >= 0.6 is 0 Å². The van der Waals surface area contributed by atoms with Crippen molar-refractivity contribution in [1.82, 2.24) is 10.2 Å². The van der Waals surface area contributed by atoms with Gasteiger partial charge in [0.25, 0.3) is 5.91 Å². The van der Waals surface area contributed by atoms with E-state index in [4.69, 9.17) is 4.74 Å². The minimum atomic E-state index is -0.401. The first kappa shape index (κ1) is 29.5. The maximum atomic E-state index is 13.4. The third-order valence-corrected chi connectivity index (χ3v) is 7.90. The van der Waals surface area contributed by atoms with Crippen LogP contribution in [0.3, 0.4) is 0 Å². The number of esters is 1. The maximum Gasteiger partial charge on any atom is 0.336 e. The molecule has 2 amide bonds. The van der Waals surface area contributed by atoms with Crippen LogP contribution < -0.4 is 5.32 Å². The van der Waals surface area contributed by atoms with Gasteiger partial charge in [-0.3, -0.25) is 9.59 Å². The first-order valence-corrected chi connectivity index (χ1v) is 14.6. The summed E-state index contributed by atoms with van der Waals surface area (Å²) in [5, 5.41) is 3.17. The number of carbonyl (C=O) groups is 3. The Morgan fingerprint density at radius 2 is 1.42 bits per heavy atom. The largest absolute Gasteiger partial charge is 0.463 e. The lowest BCUT2D eigenvalue weighted by Crippen LogP contribution is -2.38. The van der Waals surface area contributed by atoms with Gasteiger partial charge < -0.3 is 15.0 Å². The number of aryl methyl sites for hydroxylation is 1. The summed E-state index contributed by atoms with van der Waals surface area (Å²) in [5.41, 5.74) is 6.48. The highest BCUT2D eigenvalue weighted by atomic mass is 16.5. The molecule has 6 heteroatoms. The number of amides is 2. The molecule has 1 atom stereocenters. The molecule has 43 heavy (non-hydrogen) atoms. The molecule has 1 N–H and O–H groups in total. The number of allylic oxidation sites excluding steroid dienone is 1. The zero-order chi connectivity index (χ0) is 30.3. The van der Waals surface area contributed by atoms with E-state index in [0.717, 1.165) is 27.8 Å². The molecule has 0 saturated carbocycles. The van der Waals surface area contributed by atoms with E-state index in [-0.39, 0.29) is 43.3 Å². The number of hydrogen-bond donors (Lipinski definition) is 1. The van der Waals surface area contributed by atoms with Crippen molar-refractivity contribution in [3.63, 3.8) is 0 Å². The zero-order valence-corrected chi connectivity index (χ0v) is 24.7. The Labute approximate surface area is 253 Å². The second-order valence-corrected chi connectivity index (χ2v) is 10.8. The highest BCUT2D eigenvalue weighted by Crippen LogP contribution is 2.38. The van der Waals surface area contributed by atoms with Crippen molar-refractivity contribution in [2.45, 2.75) is 45.7 Å². The lowest BCUT2D eigenvalue weighted by Gasteiger charge is -2.34. The van der Waals surface area contributed by atoms with Crippen molar-refractivity contribution in [3.05, 3.63) is 154 Å². The Morgan fingerprint density at radius 3 is 1.98 bits per heavy atom. The number of nitrogens with zero attached hydrogens (tertiary/aromatic N) is 1. The minimum absolute atomic E-state index is 0.0634. The molecule has 1 aliphatic heterocycles. The van der Waals surface area contributed by atoms with E-state index in [9.17, 15) is 14.4 Å². The first-order valence-electron chi connectivity index (χ1n) is 14.6. The highest BCUT2D eigenvalue weighted by Gasteiger charge is 2.36. The summed E-state index contributed by atoms with van der Waals surface area (Å²) in [6, 6.07) is 34.6. The van der Waals surface area contributed by atoms with E-state index >= 15 is 0 Å². The SMILES string of the molecule is CCOC(=O)C1=C(C)N(Cc2ccc(C(=O)NC(c3ccccc3)c3ccccc3)cc2)C(=O)CC1c1ccc(C)cc1. The van der Waals surface area contributed by atoms with Gasteiger partial charge in [-0.25, -0.2) is 4.79 Å². The van der Waals surface area contributed by atoms with Crippen LogP contribution in [0.25, 0.3) is 0 Å². The molecule has 1 heterocycles. The molecule has 1 aliphatic rings. The molecule has 0 aromatic heterocycles. The van der Waals surface area contributed by atoms with Gasteiger partial charge in [-0.05, 0) is 55.2 Å². The fourth-order valence-electron chi connectivity index (χ4n) is 5.57. The monoisotopic (exact) mass is 572 g/mol. The van der Waals surface area contributed by atoms with E-state index in [1.54, 1.807) is 30.9 Å². The number of carbonyl (C=O) groups excluding carboxylic acids is 3. The van der Waals surface area contributed by atoms with Crippen molar-refractivity contribution in [2.75, 3.05) is 6.61 Å². The summed E-state index contributed by atoms with van der Waals surface area (Å²) in [7, 11) is 0. The third kappa shape index (κ3) is 6.75. The molecule has 6 nitrogen and oxygen atoms in total. The molecule has 0 radical (unpaired) electrons. The van der Waals surface area contributed by atoms with Gasteiger partial charge in [0.1, 0.15) is 0 Å². The van der Waals surface area contributed by atoms with E-state index in [2.05, 4.69) is 5.32 Å². The molecule has 0 aliphatic carbocycles. The average molecular weight is 573 g/mol. The predicted octanol–water partition coefficient (Wildman–Crippen LogP) is 6.87. The van der Waals surface area contributed by atoms with Gasteiger partial charge in [0.15, 0.2) is 0 Å². The summed E-state index contributed by atoms with van der Waals surface area (Å²) in [6.07, 6.45) is 0.176. The predicted molar refractivity (Wildman–Crippen MR) is 167 cm³/mol. The third-order valence-electron chi connectivity index (χ3n) is 7.90. The van der Waals surface area contributed by atoms with Crippen molar-refractivity contribution < 1.29 is 19.1 Å². The van der Waals surface area contributed by atoms with Crippen molar-refractivity contribution in [1.29, 1.82) is 0 Å². The van der Waals surface area contributed by atoms with E-state index in [1.807, 2.05) is 104 Å². The van der Waals surface area contributed by atoms with Crippen LogP contribution in [0.1, 0.15) is 70.4 Å². The normalized spacial score (nSPS) is 15.0. The summed E-state index contributed by atoms with van der Waals surface area (Å²) in [5.74, 6) is -1.02. The molecule has 0 spiro atoms. The Balaban J connectivity index is 1.36.